The van der Waals surface area contributed by atoms with E-state index in [-0.39, 0.29) is 17.9 Å². The van der Waals surface area contributed by atoms with Gasteiger partial charge in [-0.25, -0.2) is 9.78 Å². The van der Waals surface area contributed by atoms with Crippen molar-refractivity contribution in [2.45, 2.75) is 70.2 Å². The smallest absolute Gasteiger partial charge is 0.201 e. The molecule has 0 unspecified atom stereocenters. The maximum atomic E-state index is 6.85. The highest BCUT2D eigenvalue weighted by Crippen LogP contribution is 2.63. The lowest BCUT2D eigenvalue weighted by Gasteiger charge is -2.60. The van der Waals surface area contributed by atoms with Gasteiger partial charge in [-0.1, -0.05) is 19.9 Å². The standard InChI is InChI=1S/C27H34O6/c1-15-6-9-22-16(2)24(30-25-27(22)21(15)10-11-26(3,31-25)32-33-27)20-13-17-7-8-19(28-4)12-18(17)14-23(20)29-5/h7-8,12-16,21-22,24-25H,6,9-11H2,1-5H3/t15-,16-,21+,22+,24-,25-,26+,27-/m1/s1. The van der Waals surface area contributed by atoms with Gasteiger partial charge < -0.3 is 18.9 Å². The van der Waals surface area contributed by atoms with Crippen molar-refractivity contribution in [3.05, 3.63) is 35.9 Å². The van der Waals surface area contributed by atoms with E-state index in [0.717, 1.165) is 47.1 Å². The lowest BCUT2D eigenvalue weighted by Crippen LogP contribution is -2.69. The summed E-state index contributed by atoms with van der Waals surface area (Å²) in [7, 11) is 3.41. The van der Waals surface area contributed by atoms with Gasteiger partial charge in [0, 0.05) is 17.9 Å². The van der Waals surface area contributed by atoms with E-state index in [1.54, 1.807) is 14.2 Å². The first-order valence-electron chi connectivity index (χ1n) is 12.2. The molecule has 0 radical (unpaired) electrons. The van der Waals surface area contributed by atoms with Crippen LogP contribution in [0.2, 0.25) is 0 Å². The normalized spacial score (nSPS) is 42.0. The summed E-state index contributed by atoms with van der Waals surface area (Å²) in [6.07, 6.45) is 3.49. The van der Waals surface area contributed by atoms with Crippen LogP contribution < -0.4 is 9.47 Å². The van der Waals surface area contributed by atoms with Gasteiger partial charge in [-0.05, 0) is 79.0 Å². The Morgan fingerprint density at radius 2 is 1.76 bits per heavy atom. The van der Waals surface area contributed by atoms with E-state index in [1.807, 2.05) is 19.1 Å². The fourth-order valence-corrected chi connectivity index (χ4v) is 7.06. The van der Waals surface area contributed by atoms with Crippen LogP contribution in [0.5, 0.6) is 11.5 Å². The molecule has 2 bridgehead atoms. The van der Waals surface area contributed by atoms with Crippen molar-refractivity contribution in [2.75, 3.05) is 14.2 Å². The SMILES string of the molecule is COc1ccc2cc([C@@H]3O[C@@H]4O[C@]5(C)CC[C@H]6[C@H](C)CC[C@@H]([C@H]3C)[C@@]46OO5)c(OC)cc2c1. The molecule has 4 heterocycles. The second-order valence-electron chi connectivity index (χ2n) is 10.6. The van der Waals surface area contributed by atoms with Gasteiger partial charge >= 0.3 is 0 Å². The van der Waals surface area contributed by atoms with Gasteiger partial charge in [0.15, 0.2) is 11.9 Å². The summed E-state index contributed by atoms with van der Waals surface area (Å²) < 4.78 is 24.7. The maximum absolute atomic E-state index is 6.85. The summed E-state index contributed by atoms with van der Waals surface area (Å²) in [6.45, 7) is 6.60. The van der Waals surface area contributed by atoms with Crippen molar-refractivity contribution in [1.82, 2.24) is 0 Å². The van der Waals surface area contributed by atoms with Crippen LogP contribution in [-0.4, -0.2) is 31.9 Å². The van der Waals surface area contributed by atoms with E-state index in [9.17, 15) is 0 Å². The molecule has 0 N–H and O–H groups in total. The predicted octanol–water partition coefficient (Wildman–Crippen LogP) is 5.78. The Balaban J connectivity index is 1.45. The summed E-state index contributed by atoms with van der Waals surface area (Å²) in [4.78, 5) is 12.3. The van der Waals surface area contributed by atoms with Crippen LogP contribution in [0.3, 0.4) is 0 Å². The fourth-order valence-electron chi connectivity index (χ4n) is 7.06. The molecule has 0 aromatic heterocycles. The molecule has 1 spiro atoms. The van der Waals surface area contributed by atoms with E-state index in [1.165, 1.54) is 6.42 Å². The van der Waals surface area contributed by atoms with Crippen LogP contribution in [0.25, 0.3) is 10.8 Å². The van der Waals surface area contributed by atoms with Gasteiger partial charge in [0.2, 0.25) is 5.79 Å². The number of fused-ring (bicyclic) bond motifs is 3. The molecule has 7 rings (SSSR count). The minimum Gasteiger partial charge on any atom is -0.497 e. The molecule has 33 heavy (non-hydrogen) atoms. The fraction of sp³-hybridized carbons (Fsp3) is 0.630. The van der Waals surface area contributed by atoms with Crippen LogP contribution in [0, 0.1) is 23.7 Å². The van der Waals surface area contributed by atoms with Crippen molar-refractivity contribution < 1.29 is 28.7 Å². The summed E-state index contributed by atoms with van der Waals surface area (Å²) in [5.74, 6) is 2.29. The highest BCUT2D eigenvalue weighted by molar-refractivity contribution is 5.86. The highest BCUT2D eigenvalue weighted by Gasteiger charge is 2.69. The molecule has 2 aromatic carbocycles. The quantitative estimate of drug-likeness (QED) is 0.548. The summed E-state index contributed by atoms with van der Waals surface area (Å²) in [5.41, 5.74) is 0.503. The van der Waals surface area contributed by atoms with E-state index >= 15 is 0 Å². The summed E-state index contributed by atoms with van der Waals surface area (Å²) >= 11 is 0. The Morgan fingerprint density at radius 1 is 0.909 bits per heavy atom. The summed E-state index contributed by atoms with van der Waals surface area (Å²) in [6, 6.07) is 10.4. The third-order valence-corrected chi connectivity index (χ3v) is 8.86. The number of hydrogen-bond acceptors (Lipinski definition) is 6. The van der Waals surface area contributed by atoms with Crippen molar-refractivity contribution in [3.63, 3.8) is 0 Å². The molecule has 4 saturated heterocycles. The first kappa shape index (κ1) is 21.7. The number of rotatable bonds is 3. The van der Waals surface area contributed by atoms with Crippen molar-refractivity contribution >= 4 is 10.8 Å². The number of ether oxygens (including phenoxy) is 4. The average molecular weight is 455 g/mol. The molecule has 5 aliphatic rings. The molecule has 5 fully saturated rings. The Bertz CT molecular complexity index is 1070. The molecule has 6 nitrogen and oxygen atoms in total. The molecule has 2 aromatic rings. The van der Waals surface area contributed by atoms with E-state index < -0.39 is 17.7 Å². The minimum atomic E-state index is -0.771. The molecule has 178 valence electrons. The second kappa shape index (κ2) is 7.57. The summed E-state index contributed by atoms with van der Waals surface area (Å²) in [5, 5.41) is 2.21. The lowest BCUT2D eigenvalue weighted by atomic mass is 9.57. The Kier molecular flexibility index (Phi) is 4.97. The molecule has 0 amide bonds. The number of hydrogen-bond donors (Lipinski definition) is 0. The third kappa shape index (κ3) is 3.07. The number of methoxy groups -OCH3 is 2. The second-order valence-corrected chi connectivity index (χ2v) is 10.6. The van der Waals surface area contributed by atoms with Gasteiger partial charge in [-0.15, -0.1) is 0 Å². The van der Waals surface area contributed by atoms with E-state index in [4.69, 9.17) is 28.7 Å². The van der Waals surface area contributed by atoms with Crippen LogP contribution in [0.1, 0.15) is 58.1 Å². The molecule has 4 aliphatic heterocycles. The van der Waals surface area contributed by atoms with Crippen molar-refractivity contribution in [1.29, 1.82) is 0 Å². The van der Waals surface area contributed by atoms with Gasteiger partial charge in [0.25, 0.3) is 0 Å². The molecular formula is C27H34O6. The molecule has 1 saturated carbocycles. The Hall–Kier alpha value is -1.86. The highest BCUT2D eigenvalue weighted by atomic mass is 17.3. The largest absolute Gasteiger partial charge is 0.497 e. The maximum Gasteiger partial charge on any atom is 0.201 e. The van der Waals surface area contributed by atoms with Gasteiger partial charge in [-0.2, -0.15) is 0 Å². The first-order chi connectivity index (χ1) is 15.9. The zero-order valence-electron chi connectivity index (χ0n) is 20.1. The van der Waals surface area contributed by atoms with Crippen LogP contribution in [0.15, 0.2) is 30.3 Å². The third-order valence-electron chi connectivity index (χ3n) is 8.86. The molecule has 8 atom stereocenters. The zero-order chi connectivity index (χ0) is 23.0. The van der Waals surface area contributed by atoms with E-state index in [2.05, 4.69) is 32.0 Å². The van der Waals surface area contributed by atoms with Gasteiger partial charge in [0.05, 0.1) is 20.3 Å². The molecular weight excluding hydrogens is 420 g/mol. The Labute approximate surface area is 195 Å². The van der Waals surface area contributed by atoms with E-state index in [0.29, 0.717) is 11.8 Å². The number of benzene rings is 2. The first-order valence-corrected chi connectivity index (χ1v) is 12.2. The van der Waals surface area contributed by atoms with Gasteiger partial charge in [-0.3, -0.25) is 0 Å². The van der Waals surface area contributed by atoms with Crippen LogP contribution >= 0.6 is 0 Å². The average Bonchev–Trinajstić information content (AvgIpc) is 3.06. The monoisotopic (exact) mass is 454 g/mol. The van der Waals surface area contributed by atoms with Crippen molar-refractivity contribution in [3.8, 4) is 11.5 Å². The Morgan fingerprint density at radius 3 is 2.55 bits per heavy atom. The lowest BCUT2D eigenvalue weighted by molar-refractivity contribution is -0.571. The van der Waals surface area contributed by atoms with Crippen LogP contribution in [-0.2, 0) is 19.2 Å². The molecule has 1 aliphatic carbocycles. The zero-order valence-corrected chi connectivity index (χ0v) is 20.1. The topological polar surface area (TPSA) is 55.4 Å². The van der Waals surface area contributed by atoms with Crippen molar-refractivity contribution in [2.24, 2.45) is 23.7 Å². The molecule has 6 heteroatoms. The predicted molar refractivity (Wildman–Crippen MR) is 123 cm³/mol. The minimum absolute atomic E-state index is 0.160. The van der Waals surface area contributed by atoms with Gasteiger partial charge in [0.1, 0.15) is 11.5 Å². The van der Waals surface area contributed by atoms with Crippen LogP contribution in [0.4, 0.5) is 0 Å².